The van der Waals surface area contributed by atoms with E-state index in [-0.39, 0.29) is 0 Å². The molecule has 0 aliphatic heterocycles. The van der Waals surface area contributed by atoms with Crippen LogP contribution in [-0.2, 0) is 0 Å². The number of hydrogen-bond acceptors (Lipinski definition) is 2. The smallest absolute Gasteiger partial charge is 0.0621 e. The summed E-state index contributed by atoms with van der Waals surface area (Å²) in [5.41, 5.74) is 0. The minimum absolute atomic E-state index is 0.654. The molecule has 0 aromatic rings. The van der Waals surface area contributed by atoms with E-state index in [1.54, 1.807) is 0 Å². The largest absolute Gasteiger partial charge is 0.298 e. The quantitative estimate of drug-likeness (QED) is 0.423. The second kappa shape index (κ2) is 10.2. The Morgan fingerprint density at radius 2 is 2.17 bits per heavy atom. The van der Waals surface area contributed by atoms with Gasteiger partial charge in [-0.2, -0.15) is 5.26 Å². The van der Waals surface area contributed by atoms with Gasteiger partial charge in [0.25, 0.3) is 0 Å². The van der Waals surface area contributed by atoms with Gasteiger partial charge in [0.2, 0.25) is 0 Å². The number of hydrogen-bond donors (Lipinski definition) is 0. The van der Waals surface area contributed by atoms with Crippen molar-refractivity contribution in [2.75, 3.05) is 6.54 Å². The molecule has 0 saturated heterocycles. The summed E-state index contributed by atoms with van der Waals surface area (Å²) >= 11 is 0. The Labute approximate surface area is 75.3 Å². The van der Waals surface area contributed by atoms with E-state index in [1.165, 1.54) is 19.3 Å². The van der Waals surface area contributed by atoms with E-state index < -0.39 is 0 Å². The molecule has 2 nitrogen and oxygen atoms in total. The van der Waals surface area contributed by atoms with Gasteiger partial charge in [-0.05, 0) is 25.5 Å². The number of nitrogens with zero attached hydrogens (tertiary/aromatic N) is 2. The van der Waals surface area contributed by atoms with Crippen molar-refractivity contribution in [2.24, 2.45) is 4.99 Å². The van der Waals surface area contributed by atoms with Gasteiger partial charge in [0.15, 0.2) is 0 Å². The fourth-order valence-electron chi connectivity index (χ4n) is 0.908. The highest BCUT2D eigenvalue weighted by atomic mass is 14.7. The summed E-state index contributed by atoms with van der Waals surface area (Å²) < 4.78 is 0. The first-order chi connectivity index (χ1) is 5.91. The third-order valence-electron chi connectivity index (χ3n) is 1.64. The first-order valence-corrected chi connectivity index (χ1v) is 4.77. The highest BCUT2D eigenvalue weighted by Crippen LogP contribution is 1.94. The van der Waals surface area contributed by atoms with Crippen molar-refractivity contribution < 1.29 is 0 Å². The maximum Gasteiger partial charge on any atom is 0.0621 e. The SMILES string of the molecule is CCCCC/N=C\CCCC#N. The number of aliphatic imine (C=N–C) groups is 1. The molecule has 0 aliphatic carbocycles. The Hall–Kier alpha value is -0.840. The molecule has 0 fully saturated rings. The summed E-state index contributed by atoms with van der Waals surface area (Å²) in [4.78, 5) is 4.25. The Morgan fingerprint density at radius 3 is 2.83 bits per heavy atom. The molecular weight excluding hydrogens is 148 g/mol. The lowest BCUT2D eigenvalue weighted by Crippen LogP contribution is -1.82. The van der Waals surface area contributed by atoms with Crippen molar-refractivity contribution in [1.82, 2.24) is 0 Å². The van der Waals surface area contributed by atoms with Gasteiger partial charge in [0.05, 0.1) is 6.07 Å². The predicted molar refractivity (Wildman–Crippen MR) is 52.3 cm³/mol. The Morgan fingerprint density at radius 1 is 1.33 bits per heavy atom. The third-order valence-corrected chi connectivity index (χ3v) is 1.64. The van der Waals surface area contributed by atoms with Crippen molar-refractivity contribution in [3.8, 4) is 6.07 Å². The van der Waals surface area contributed by atoms with Gasteiger partial charge in [-0.25, -0.2) is 0 Å². The third kappa shape index (κ3) is 9.16. The van der Waals surface area contributed by atoms with Crippen LogP contribution in [0.5, 0.6) is 0 Å². The number of nitriles is 1. The maximum atomic E-state index is 8.24. The van der Waals surface area contributed by atoms with E-state index >= 15 is 0 Å². The zero-order valence-corrected chi connectivity index (χ0v) is 7.92. The van der Waals surface area contributed by atoms with E-state index in [9.17, 15) is 0 Å². The summed E-state index contributed by atoms with van der Waals surface area (Å²) in [5.74, 6) is 0. The van der Waals surface area contributed by atoms with Crippen molar-refractivity contribution in [1.29, 1.82) is 5.26 Å². The standard InChI is InChI=1S/C10H18N2/c1-2-3-6-9-12-10-7-4-5-8-11/h10H,2-7,9H2,1H3/b12-10-. The van der Waals surface area contributed by atoms with Crippen LogP contribution in [0.4, 0.5) is 0 Å². The monoisotopic (exact) mass is 166 g/mol. The van der Waals surface area contributed by atoms with E-state index in [1.807, 2.05) is 6.21 Å². The average Bonchev–Trinajstić information content (AvgIpc) is 2.10. The molecule has 68 valence electrons. The van der Waals surface area contributed by atoms with Crippen LogP contribution in [0.25, 0.3) is 0 Å². The van der Waals surface area contributed by atoms with Crippen LogP contribution >= 0.6 is 0 Å². The minimum Gasteiger partial charge on any atom is -0.298 e. The highest BCUT2D eigenvalue weighted by molar-refractivity contribution is 5.56. The van der Waals surface area contributed by atoms with E-state index in [4.69, 9.17) is 5.26 Å². The van der Waals surface area contributed by atoms with Crippen LogP contribution in [0.2, 0.25) is 0 Å². The molecule has 0 heterocycles. The summed E-state index contributed by atoms with van der Waals surface area (Å²) in [6, 6.07) is 2.12. The van der Waals surface area contributed by atoms with E-state index in [0.29, 0.717) is 6.42 Å². The van der Waals surface area contributed by atoms with Crippen LogP contribution < -0.4 is 0 Å². The topological polar surface area (TPSA) is 36.1 Å². The van der Waals surface area contributed by atoms with Gasteiger partial charge in [0, 0.05) is 13.0 Å². The van der Waals surface area contributed by atoms with Crippen LogP contribution in [0.1, 0.15) is 45.4 Å². The molecule has 0 spiro atoms. The Balaban J connectivity index is 2.99. The lowest BCUT2D eigenvalue weighted by molar-refractivity contribution is 0.727. The summed E-state index contributed by atoms with van der Waals surface area (Å²) in [6.45, 7) is 3.15. The van der Waals surface area contributed by atoms with Gasteiger partial charge in [-0.15, -0.1) is 0 Å². The first kappa shape index (κ1) is 11.2. The van der Waals surface area contributed by atoms with Gasteiger partial charge >= 0.3 is 0 Å². The van der Waals surface area contributed by atoms with Crippen LogP contribution in [-0.4, -0.2) is 12.8 Å². The fourth-order valence-corrected chi connectivity index (χ4v) is 0.908. The molecule has 0 bridgehead atoms. The van der Waals surface area contributed by atoms with Gasteiger partial charge < -0.3 is 0 Å². The molecule has 0 radical (unpaired) electrons. The second-order valence-corrected chi connectivity index (χ2v) is 2.85. The van der Waals surface area contributed by atoms with Crippen LogP contribution in [0.15, 0.2) is 4.99 Å². The molecule has 2 heteroatoms. The number of unbranched alkanes of at least 4 members (excludes halogenated alkanes) is 4. The second-order valence-electron chi connectivity index (χ2n) is 2.85. The minimum atomic E-state index is 0.654. The molecule has 0 aromatic carbocycles. The first-order valence-electron chi connectivity index (χ1n) is 4.77. The fraction of sp³-hybridized carbons (Fsp3) is 0.800. The van der Waals surface area contributed by atoms with E-state index in [0.717, 1.165) is 19.4 Å². The van der Waals surface area contributed by atoms with Gasteiger partial charge in [0.1, 0.15) is 0 Å². The molecule has 12 heavy (non-hydrogen) atoms. The molecule has 0 rings (SSSR count). The molecular formula is C10H18N2. The molecule has 0 aliphatic rings. The van der Waals surface area contributed by atoms with E-state index in [2.05, 4.69) is 18.0 Å². The highest BCUT2D eigenvalue weighted by Gasteiger charge is 1.83. The normalized spacial score (nSPS) is 10.3. The number of rotatable bonds is 7. The summed E-state index contributed by atoms with van der Waals surface area (Å²) in [7, 11) is 0. The molecule has 0 unspecified atom stereocenters. The lowest BCUT2D eigenvalue weighted by atomic mass is 10.2. The molecule has 0 amide bonds. The molecule has 0 aromatic heterocycles. The molecule has 0 saturated carbocycles. The van der Waals surface area contributed by atoms with Crippen LogP contribution in [0.3, 0.4) is 0 Å². The molecule has 0 atom stereocenters. The Bertz CT molecular complexity index is 144. The van der Waals surface area contributed by atoms with Gasteiger partial charge in [-0.1, -0.05) is 19.8 Å². The molecule has 0 N–H and O–H groups in total. The summed E-state index contributed by atoms with van der Waals surface area (Å²) in [5, 5.41) is 8.24. The maximum absolute atomic E-state index is 8.24. The van der Waals surface area contributed by atoms with Crippen molar-refractivity contribution in [3.63, 3.8) is 0 Å². The zero-order valence-electron chi connectivity index (χ0n) is 7.92. The summed E-state index contributed by atoms with van der Waals surface area (Å²) in [6.07, 6.45) is 8.24. The predicted octanol–water partition coefficient (Wildman–Crippen LogP) is 2.94. The van der Waals surface area contributed by atoms with Crippen molar-refractivity contribution >= 4 is 6.21 Å². The van der Waals surface area contributed by atoms with Crippen molar-refractivity contribution in [3.05, 3.63) is 0 Å². The van der Waals surface area contributed by atoms with Crippen LogP contribution in [0, 0.1) is 11.3 Å². The zero-order chi connectivity index (χ0) is 9.07. The average molecular weight is 166 g/mol. The van der Waals surface area contributed by atoms with Gasteiger partial charge in [-0.3, -0.25) is 4.99 Å². The lowest BCUT2D eigenvalue weighted by Gasteiger charge is -1.91. The Kier molecular flexibility index (Phi) is 9.45. The van der Waals surface area contributed by atoms with Crippen molar-refractivity contribution in [2.45, 2.75) is 45.4 Å².